The van der Waals surface area contributed by atoms with E-state index in [4.69, 9.17) is 14.2 Å². The van der Waals surface area contributed by atoms with Crippen LogP contribution in [0.5, 0.6) is 0 Å². The van der Waals surface area contributed by atoms with E-state index in [1.807, 2.05) is 30.3 Å². The number of esters is 2. The van der Waals surface area contributed by atoms with Crippen molar-refractivity contribution in [2.75, 3.05) is 6.61 Å². The second-order valence-corrected chi connectivity index (χ2v) is 7.94. The molecule has 0 saturated heterocycles. The monoisotopic (exact) mass is 379 g/mol. The third kappa shape index (κ3) is 8.57. The number of rotatable bonds is 7. The lowest BCUT2D eigenvalue weighted by molar-refractivity contribution is -0.155. The molecule has 150 valence electrons. The molecule has 1 aromatic rings. The number of amides is 1. The maximum absolute atomic E-state index is 12.7. The second-order valence-electron chi connectivity index (χ2n) is 7.94. The van der Waals surface area contributed by atoms with Crippen molar-refractivity contribution < 1.29 is 28.6 Å². The maximum Gasteiger partial charge on any atom is 0.408 e. The molecule has 1 atom stereocenters. The smallest absolute Gasteiger partial charge is 0.408 e. The molecule has 0 fully saturated rings. The van der Waals surface area contributed by atoms with E-state index in [1.165, 1.54) is 6.92 Å². The van der Waals surface area contributed by atoms with Crippen LogP contribution in [0.25, 0.3) is 0 Å². The van der Waals surface area contributed by atoms with Gasteiger partial charge in [-0.15, -0.1) is 0 Å². The molecule has 0 aliphatic carbocycles. The maximum atomic E-state index is 12.7. The number of hydrogen-bond donors (Lipinski definition) is 1. The summed E-state index contributed by atoms with van der Waals surface area (Å²) in [6.45, 7) is 9.83. The molecule has 0 heterocycles. The van der Waals surface area contributed by atoms with Gasteiger partial charge < -0.3 is 19.5 Å². The summed E-state index contributed by atoms with van der Waals surface area (Å²) in [6.07, 6.45) is -0.750. The van der Waals surface area contributed by atoms with Gasteiger partial charge in [-0.25, -0.2) is 9.59 Å². The van der Waals surface area contributed by atoms with Gasteiger partial charge in [0, 0.05) is 12.3 Å². The zero-order valence-corrected chi connectivity index (χ0v) is 16.8. The van der Waals surface area contributed by atoms with Crippen LogP contribution < -0.4 is 5.32 Å². The number of nitrogens with one attached hydrogen (secondary N) is 1. The Labute approximate surface area is 160 Å². The number of benzene rings is 1. The Balaban J connectivity index is 2.89. The molecule has 1 amide bonds. The molecule has 1 aromatic carbocycles. The molecule has 0 radical (unpaired) electrons. The molecular formula is C20H29NO6. The fourth-order valence-electron chi connectivity index (χ4n) is 2.18. The number of hydrogen-bond acceptors (Lipinski definition) is 6. The largest absolute Gasteiger partial charge is 0.465 e. The lowest BCUT2D eigenvalue weighted by Gasteiger charge is -2.33. The first-order valence-electron chi connectivity index (χ1n) is 8.74. The summed E-state index contributed by atoms with van der Waals surface area (Å²) < 4.78 is 15.6. The van der Waals surface area contributed by atoms with Gasteiger partial charge in [0.05, 0.1) is 6.61 Å². The summed E-state index contributed by atoms with van der Waals surface area (Å²) in [4.78, 5) is 36.0. The molecular weight excluding hydrogens is 350 g/mol. The van der Waals surface area contributed by atoms with Gasteiger partial charge in [-0.2, -0.15) is 0 Å². The summed E-state index contributed by atoms with van der Waals surface area (Å²) in [6, 6.07) is 8.13. The lowest BCUT2D eigenvalue weighted by Crippen LogP contribution is -2.53. The predicted octanol–water partition coefficient (Wildman–Crippen LogP) is 3.21. The van der Waals surface area contributed by atoms with E-state index < -0.39 is 35.1 Å². The van der Waals surface area contributed by atoms with Gasteiger partial charge in [-0.05, 0) is 26.3 Å². The number of alkyl carbamates (subject to hydrolysis) is 1. The van der Waals surface area contributed by atoms with Gasteiger partial charge in [-0.1, -0.05) is 44.2 Å². The average Bonchev–Trinajstić information content (AvgIpc) is 2.55. The van der Waals surface area contributed by atoms with Crippen molar-refractivity contribution in [3.05, 3.63) is 35.9 Å². The predicted molar refractivity (Wildman–Crippen MR) is 99.8 cm³/mol. The first-order valence-corrected chi connectivity index (χ1v) is 8.74. The SMILES string of the molecule is CC(=O)OCC(C)(C)[C@H](NC(=O)OC(C)(C)C)C(=O)OCc1ccccc1. The minimum atomic E-state index is -1.06. The quantitative estimate of drug-likeness (QED) is 0.578. The molecule has 7 heteroatoms. The summed E-state index contributed by atoms with van der Waals surface area (Å²) in [5.74, 6) is -1.11. The van der Waals surface area contributed by atoms with E-state index in [0.29, 0.717) is 0 Å². The Hall–Kier alpha value is -2.57. The highest BCUT2D eigenvalue weighted by atomic mass is 16.6. The summed E-state index contributed by atoms with van der Waals surface area (Å²) in [5.41, 5.74) is -0.807. The van der Waals surface area contributed by atoms with E-state index >= 15 is 0 Å². The molecule has 1 rings (SSSR count). The van der Waals surface area contributed by atoms with Crippen molar-refractivity contribution in [1.29, 1.82) is 0 Å². The minimum Gasteiger partial charge on any atom is -0.465 e. The zero-order chi connectivity index (χ0) is 20.7. The molecule has 0 bridgehead atoms. The first-order chi connectivity index (χ1) is 12.4. The van der Waals surface area contributed by atoms with Gasteiger partial charge in [0.15, 0.2) is 0 Å². The van der Waals surface area contributed by atoms with Crippen LogP contribution in [0.15, 0.2) is 30.3 Å². The zero-order valence-electron chi connectivity index (χ0n) is 16.8. The van der Waals surface area contributed by atoms with Crippen LogP contribution in [0, 0.1) is 5.41 Å². The molecule has 0 unspecified atom stereocenters. The normalized spacial score (nSPS) is 12.7. The molecule has 7 nitrogen and oxygen atoms in total. The summed E-state index contributed by atoms with van der Waals surface area (Å²) in [5, 5.41) is 2.55. The number of carbonyl (C=O) groups is 3. The topological polar surface area (TPSA) is 90.9 Å². The van der Waals surface area contributed by atoms with Crippen molar-refractivity contribution in [2.24, 2.45) is 5.41 Å². The fourth-order valence-corrected chi connectivity index (χ4v) is 2.18. The summed E-state index contributed by atoms with van der Waals surface area (Å²) >= 11 is 0. The van der Waals surface area contributed by atoms with Crippen LogP contribution in [0.4, 0.5) is 4.79 Å². The molecule has 0 spiro atoms. The first kappa shape index (κ1) is 22.5. The van der Waals surface area contributed by atoms with E-state index in [0.717, 1.165) is 5.56 Å². The van der Waals surface area contributed by atoms with Gasteiger partial charge >= 0.3 is 18.0 Å². The highest BCUT2D eigenvalue weighted by molar-refractivity contribution is 5.82. The number of ether oxygens (including phenoxy) is 3. The third-order valence-corrected chi connectivity index (χ3v) is 3.55. The molecule has 0 aliphatic rings. The van der Waals surface area contributed by atoms with Crippen molar-refractivity contribution in [1.82, 2.24) is 5.32 Å². The third-order valence-electron chi connectivity index (χ3n) is 3.55. The van der Waals surface area contributed by atoms with E-state index in [-0.39, 0.29) is 13.2 Å². The average molecular weight is 379 g/mol. The van der Waals surface area contributed by atoms with Crippen molar-refractivity contribution in [2.45, 2.75) is 59.8 Å². The van der Waals surface area contributed by atoms with Gasteiger partial charge in [0.2, 0.25) is 0 Å². The second kappa shape index (κ2) is 9.39. The van der Waals surface area contributed by atoms with Gasteiger partial charge in [0.1, 0.15) is 18.2 Å². The molecule has 27 heavy (non-hydrogen) atoms. The Morgan fingerprint density at radius 3 is 2.11 bits per heavy atom. The minimum absolute atomic E-state index is 0.0653. The van der Waals surface area contributed by atoms with Crippen LogP contribution in [-0.4, -0.2) is 36.3 Å². The van der Waals surface area contributed by atoms with Crippen LogP contribution in [-0.2, 0) is 30.4 Å². The molecule has 0 saturated carbocycles. The van der Waals surface area contributed by atoms with Crippen molar-refractivity contribution >= 4 is 18.0 Å². The summed E-state index contributed by atoms with van der Waals surface area (Å²) in [7, 11) is 0. The van der Waals surface area contributed by atoms with Gasteiger partial charge in [-0.3, -0.25) is 4.79 Å². The lowest BCUT2D eigenvalue weighted by atomic mass is 9.85. The fraction of sp³-hybridized carbons (Fsp3) is 0.550. The van der Waals surface area contributed by atoms with Crippen molar-refractivity contribution in [3.63, 3.8) is 0 Å². The highest BCUT2D eigenvalue weighted by Crippen LogP contribution is 2.24. The van der Waals surface area contributed by atoms with Crippen molar-refractivity contribution in [3.8, 4) is 0 Å². The molecule has 0 aliphatic heterocycles. The van der Waals surface area contributed by atoms with Crippen LogP contribution in [0.2, 0.25) is 0 Å². The molecule has 0 aromatic heterocycles. The van der Waals surface area contributed by atoms with Gasteiger partial charge in [0.25, 0.3) is 0 Å². The van der Waals surface area contributed by atoms with E-state index in [1.54, 1.807) is 34.6 Å². The number of carbonyl (C=O) groups excluding carboxylic acids is 3. The Morgan fingerprint density at radius 2 is 1.59 bits per heavy atom. The van der Waals surface area contributed by atoms with E-state index in [2.05, 4.69) is 5.32 Å². The highest BCUT2D eigenvalue weighted by Gasteiger charge is 2.39. The standard InChI is InChI=1S/C20H29NO6/c1-14(22)26-13-20(5,6)16(21-18(24)27-19(2,3)4)17(23)25-12-15-10-8-7-9-11-15/h7-11,16H,12-13H2,1-6H3,(H,21,24)/t16-/m1/s1. The van der Waals surface area contributed by atoms with Crippen LogP contribution in [0.3, 0.4) is 0 Å². The molecule has 1 N–H and O–H groups in total. The Morgan fingerprint density at radius 1 is 1.00 bits per heavy atom. The Kier molecular flexibility index (Phi) is 7.82. The van der Waals surface area contributed by atoms with Crippen LogP contribution >= 0.6 is 0 Å². The van der Waals surface area contributed by atoms with E-state index in [9.17, 15) is 14.4 Å². The Bertz CT molecular complexity index is 648. The van der Waals surface area contributed by atoms with Crippen LogP contribution in [0.1, 0.15) is 47.1 Å².